The van der Waals surface area contributed by atoms with Crippen molar-refractivity contribution in [3.05, 3.63) is 0 Å². The van der Waals surface area contributed by atoms with Crippen molar-refractivity contribution in [1.82, 2.24) is 0 Å². The van der Waals surface area contributed by atoms with Crippen LogP contribution in [-0.2, 0) is 14.3 Å². The van der Waals surface area contributed by atoms with Crippen LogP contribution in [0.15, 0.2) is 0 Å². The zero-order chi connectivity index (χ0) is 30.0. The molecule has 0 aromatic rings. The molecule has 220 valence electrons. The van der Waals surface area contributed by atoms with Gasteiger partial charge in [0.05, 0.1) is 0 Å². The maximum Gasteiger partial charge on any atom is 0.460 e. The van der Waals surface area contributed by atoms with Crippen LogP contribution in [0.4, 0.5) is 65.9 Å². The number of hydrogen-bond acceptors (Lipinski definition) is 6. The number of halogens is 15. The van der Waals surface area contributed by atoms with Gasteiger partial charge in [-0.2, -0.15) is 65.9 Å². The van der Waals surface area contributed by atoms with Gasteiger partial charge in [0.15, 0.2) is 12.4 Å². The predicted octanol–water partition coefficient (Wildman–Crippen LogP) is 2.66. The second-order valence-electron chi connectivity index (χ2n) is 7.51. The van der Waals surface area contributed by atoms with Crippen molar-refractivity contribution in [2.24, 2.45) is 0 Å². The second kappa shape index (κ2) is 9.45. The normalized spacial score (nSPS) is 28.2. The molecule has 1 aliphatic heterocycles. The standard InChI is InChI=1S/C15H13F15O7/c1-2(36-8-5(33)3(31)4(32)6(37-8)7(34)35)9(16,17)10(18,19)11(20,21)12(22,23)13(24,25)14(26,27)15(28,29)30/h2-6,8,31-33H,1H3,(H,34,35)/t2?,3-,4-,5+,6-,8+/m0/s1. The molecular formula is C15H13F15O7. The van der Waals surface area contributed by atoms with Gasteiger partial charge in [-0.25, -0.2) is 4.79 Å². The molecule has 6 atom stereocenters. The number of carbonyl (C=O) groups is 1. The highest BCUT2D eigenvalue weighted by Gasteiger charge is 2.93. The second-order valence-corrected chi connectivity index (χ2v) is 7.51. The van der Waals surface area contributed by atoms with Crippen molar-refractivity contribution < 1.29 is 101 Å². The maximum atomic E-state index is 14.1. The summed E-state index contributed by atoms with van der Waals surface area (Å²) in [6, 6.07) is 0. The van der Waals surface area contributed by atoms with E-state index in [1.807, 2.05) is 0 Å². The number of alkyl halides is 15. The van der Waals surface area contributed by atoms with Crippen LogP contribution in [0.5, 0.6) is 0 Å². The highest BCUT2D eigenvalue weighted by molar-refractivity contribution is 5.73. The zero-order valence-electron chi connectivity index (χ0n) is 17.1. The first kappa shape index (κ1) is 33.2. The number of aliphatic hydroxyl groups excluding tert-OH is 3. The maximum absolute atomic E-state index is 14.1. The number of rotatable bonds is 9. The Morgan fingerprint density at radius 3 is 1.43 bits per heavy atom. The molecular weight excluding hydrogens is 577 g/mol. The van der Waals surface area contributed by atoms with E-state index in [1.165, 1.54) is 0 Å². The van der Waals surface area contributed by atoms with Crippen LogP contribution in [0.25, 0.3) is 0 Å². The van der Waals surface area contributed by atoms with Gasteiger partial charge in [0.25, 0.3) is 0 Å². The molecule has 1 unspecified atom stereocenters. The average Bonchev–Trinajstić information content (AvgIpc) is 2.71. The molecule has 0 bridgehead atoms. The van der Waals surface area contributed by atoms with Gasteiger partial charge in [0.1, 0.15) is 24.4 Å². The van der Waals surface area contributed by atoms with Crippen LogP contribution >= 0.6 is 0 Å². The Labute approximate surface area is 193 Å². The van der Waals surface area contributed by atoms with Crippen molar-refractivity contribution in [3.63, 3.8) is 0 Å². The molecule has 7 nitrogen and oxygen atoms in total. The number of aliphatic carboxylic acids is 1. The average molecular weight is 590 g/mol. The van der Waals surface area contributed by atoms with Gasteiger partial charge in [-0.3, -0.25) is 0 Å². The first-order valence-corrected chi connectivity index (χ1v) is 8.97. The third-order valence-electron chi connectivity index (χ3n) is 5.01. The minimum Gasteiger partial charge on any atom is -0.479 e. The summed E-state index contributed by atoms with van der Waals surface area (Å²) >= 11 is 0. The van der Waals surface area contributed by atoms with Crippen molar-refractivity contribution in [3.8, 4) is 0 Å². The van der Waals surface area contributed by atoms with Crippen molar-refractivity contribution in [1.29, 1.82) is 0 Å². The SMILES string of the molecule is CC(O[C@@H]1O[C@H](C(=O)O)[C@@H](O)[C@H](O)[C@H]1O)C(F)(F)C(F)(F)C(F)(F)C(F)(F)C(F)(F)C(F)(F)C(F)(F)F. The molecule has 0 saturated carbocycles. The fourth-order valence-corrected chi connectivity index (χ4v) is 2.69. The van der Waals surface area contributed by atoms with E-state index < -0.39 is 91.4 Å². The van der Waals surface area contributed by atoms with Gasteiger partial charge in [0.2, 0.25) is 0 Å². The minimum atomic E-state index is -8.53. The lowest BCUT2D eigenvalue weighted by molar-refractivity contribution is -0.457. The van der Waals surface area contributed by atoms with E-state index in [2.05, 4.69) is 9.47 Å². The summed E-state index contributed by atoms with van der Waals surface area (Å²) in [6.07, 6.45) is -25.6. The van der Waals surface area contributed by atoms with Gasteiger partial charge >= 0.3 is 47.7 Å². The largest absolute Gasteiger partial charge is 0.479 e. The summed E-state index contributed by atoms with van der Waals surface area (Å²) in [5.41, 5.74) is 0. The molecule has 0 spiro atoms. The number of ether oxygens (including phenoxy) is 2. The number of carboxylic acids is 1. The van der Waals surface area contributed by atoms with E-state index in [1.54, 1.807) is 0 Å². The smallest absolute Gasteiger partial charge is 0.460 e. The monoisotopic (exact) mass is 590 g/mol. The molecule has 0 aromatic heterocycles. The molecule has 1 saturated heterocycles. The number of carboxylic acid groups (broad SMARTS) is 1. The molecule has 1 heterocycles. The molecule has 1 rings (SSSR count). The molecule has 0 radical (unpaired) electrons. The Morgan fingerprint density at radius 1 is 0.676 bits per heavy atom. The Morgan fingerprint density at radius 2 is 1.05 bits per heavy atom. The lowest BCUT2D eigenvalue weighted by Gasteiger charge is -2.44. The molecule has 0 aliphatic carbocycles. The van der Waals surface area contributed by atoms with Crippen molar-refractivity contribution in [2.45, 2.75) is 85.4 Å². The van der Waals surface area contributed by atoms with Crippen LogP contribution in [0.3, 0.4) is 0 Å². The minimum absolute atomic E-state index is 0.437. The number of hydrogen-bond donors (Lipinski definition) is 4. The van der Waals surface area contributed by atoms with Gasteiger partial charge < -0.3 is 29.9 Å². The van der Waals surface area contributed by atoms with Gasteiger partial charge in [-0.15, -0.1) is 0 Å². The summed E-state index contributed by atoms with van der Waals surface area (Å²) in [7, 11) is 0. The van der Waals surface area contributed by atoms with Crippen molar-refractivity contribution >= 4 is 5.97 Å². The first-order valence-electron chi connectivity index (χ1n) is 8.97. The number of aliphatic hydroxyl groups is 3. The van der Waals surface area contributed by atoms with Gasteiger partial charge in [-0.05, 0) is 6.92 Å². The van der Waals surface area contributed by atoms with E-state index in [-0.39, 0.29) is 0 Å². The van der Waals surface area contributed by atoms with E-state index in [0.29, 0.717) is 0 Å². The van der Waals surface area contributed by atoms with Crippen LogP contribution in [0.2, 0.25) is 0 Å². The van der Waals surface area contributed by atoms with E-state index in [4.69, 9.17) is 5.11 Å². The topological polar surface area (TPSA) is 116 Å². The van der Waals surface area contributed by atoms with E-state index in [0.717, 1.165) is 0 Å². The van der Waals surface area contributed by atoms with E-state index in [9.17, 15) is 86.0 Å². The van der Waals surface area contributed by atoms with Gasteiger partial charge in [0, 0.05) is 0 Å². The lowest BCUT2D eigenvalue weighted by Crippen LogP contribution is -2.73. The molecule has 1 aliphatic rings. The zero-order valence-corrected chi connectivity index (χ0v) is 17.1. The quantitative estimate of drug-likeness (QED) is 0.306. The molecule has 22 heteroatoms. The van der Waals surface area contributed by atoms with E-state index >= 15 is 0 Å². The third kappa shape index (κ3) is 4.78. The predicted molar refractivity (Wildman–Crippen MR) is 80.6 cm³/mol. The van der Waals surface area contributed by atoms with Crippen LogP contribution in [0, 0.1) is 0 Å². The Balaban J connectivity index is 3.44. The summed E-state index contributed by atoms with van der Waals surface area (Å²) in [4.78, 5) is 10.9. The molecule has 4 N–H and O–H groups in total. The first-order chi connectivity index (χ1) is 16.1. The molecule has 0 aromatic carbocycles. The molecule has 1 fully saturated rings. The molecule has 37 heavy (non-hydrogen) atoms. The summed E-state index contributed by atoms with van der Waals surface area (Å²) in [5.74, 6) is -50.6. The summed E-state index contributed by atoms with van der Waals surface area (Å²) in [6.45, 7) is -0.437. The summed E-state index contributed by atoms with van der Waals surface area (Å²) in [5, 5.41) is 37.1. The third-order valence-corrected chi connectivity index (χ3v) is 5.01. The van der Waals surface area contributed by atoms with Gasteiger partial charge in [-0.1, -0.05) is 0 Å². The molecule has 0 amide bonds. The highest BCUT2D eigenvalue weighted by Crippen LogP contribution is 2.62. The Kier molecular flexibility index (Phi) is 8.49. The van der Waals surface area contributed by atoms with Crippen LogP contribution < -0.4 is 0 Å². The summed E-state index contributed by atoms with van der Waals surface area (Å²) < 4.78 is 207. The fourth-order valence-electron chi connectivity index (χ4n) is 2.69. The Hall–Kier alpha value is -1.78. The lowest BCUT2D eigenvalue weighted by atomic mass is 9.89. The highest BCUT2D eigenvalue weighted by atomic mass is 19.4. The van der Waals surface area contributed by atoms with Crippen LogP contribution in [-0.4, -0.2) is 105 Å². The fraction of sp³-hybridized carbons (Fsp3) is 0.933. The van der Waals surface area contributed by atoms with Crippen LogP contribution in [0.1, 0.15) is 6.92 Å². The Bertz CT molecular complexity index is 846. The van der Waals surface area contributed by atoms with Crippen molar-refractivity contribution in [2.75, 3.05) is 0 Å².